The number of hydrogen-bond donors (Lipinski definition) is 2. The number of rotatable bonds is 6. The predicted octanol–water partition coefficient (Wildman–Crippen LogP) is 4.85. The summed E-state index contributed by atoms with van der Waals surface area (Å²) in [7, 11) is 0. The number of nitrogens with one attached hydrogen (secondary N) is 1. The lowest BCUT2D eigenvalue weighted by Gasteiger charge is -2.47. The van der Waals surface area contributed by atoms with Crippen LogP contribution in [-0.4, -0.2) is 23.2 Å². The maximum atomic E-state index is 11.3. The van der Waals surface area contributed by atoms with E-state index in [9.17, 15) is 9.90 Å². The van der Waals surface area contributed by atoms with Crippen molar-refractivity contribution in [3.8, 4) is 11.5 Å². The number of aryl methyl sites for hydroxylation is 1. The van der Waals surface area contributed by atoms with Crippen LogP contribution in [0.5, 0.6) is 11.5 Å². The molecule has 3 rings (SSSR count). The minimum absolute atomic E-state index is 0.00898. The first-order chi connectivity index (χ1) is 12.8. The van der Waals surface area contributed by atoms with Crippen molar-refractivity contribution < 1.29 is 14.6 Å². The third-order valence-corrected chi connectivity index (χ3v) is 6.08. The van der Waals surface area contributed by atoms with E-state index in [0.29, 0.717) is 18.2 Å². The van der Waals surface area contributed by atoms with Gasteiger partial charge in [0.25, 0.3) is 0 Å². The van der Waals surface area contributed by atoms with Gasteiger partial charge >= 0.3 is 0 Å². The molecular formula is C23H33NO3. The monoisotopic (exact) mass is 371 g/mol. The van der Waals surface area contributed by atoms with Gasteiger partial charge in [-0.2, -0.15) is 0 Å². The summed E-state index contributed by atoms with van der Waals surface area (Å²) in [6.07, 6.45) is 8.49. The minimum atomic E-state index is -0.276. The largest absolute Gasteiger partial charge is 0.508 e. The number of aromatic hydroxyl groups is 1. The number of ether oxygens (including phenoxy) is 1. The summed E-state index contributed by atoms with van der Waals surface area (Å²) in [5, 5.41) is 13.7. The number of amides is 1. The molecule has 1 aliphatic carbocycles. The first-order valence-electron chi connectivity index (χ1n) is 10.3. The molecule has 2 atom stereocenters. The maximum Gasteiger partial charge on any atom is 0.217 e. The first-order valence-corrected chi connectivity index (χ1v) is 10.3. The fourth-order valence-electron chi connectivity index (χ4n) is 4.63. The molecule has 0 spiro atoms. The van der Waals surface area contributed by atoms with Gasteiger partial charge in [-0.15, -0.1) is 0 Å². The molecule has 1 amide bonds. The first kappa shape index (κ1) is 19.8. The minimum Gasteiger partial charge on any atom is -0.508 e. The molecule has 0 saturated carbocycles. The number of allylic oxidation sites excluding steroid dienone is 1. The standard InChI is InChI=1S/C23H33NO3/c1-5-6-7-8-16-12-20(26)22-18-11-17(14-24-15(2)25)9-10-19(18)23(3,4)27-21(22)13-16/h9,12-13,18-19,26H,5-8,10-11,14H2,1-4H3,(H,24,25)/t18-,19-/m1/s1. The second-order valence-corrected chi connectivity index (χ2v) is 8.61. The van der Waals surface area contributed by atoms with Gasteiger partial charge in [0.05, 0.1) is 0 Å². The van der Waals surface area contributed by atoms with Crippen LogP contribution in [0.4, 0.5) is 0 Å². The number of benzene rings is 1. The SMILES string of the molecule is CCCCCc1cc(O)c2c(c1)OC(C)(C)[C@@H]1CC=C(CNC(C)=O)C[C@@H]21. The van der Waals surface area contributed by atoms with E-state index in [1.165, 1.54) is 18.4 Å². The van der Waals surface area contributed by atoms with Crippen molar-refractivity contribution in [3.63, 3.8) is 0 Å². The van der Waals surface area contributed by atoms with Crippen molar-refractivity contribution in [1.82, 2.24) is 5.32 Å². The van der Waals surface area contributed by atoms with Gasteiger partial charge in [-0.1, -0.05) is 31.4 Å². The number of phenolic OH excluding ortho intramolecular Hbond substituents is 1. The van der Waals surface area contributed by atoms with Gasteiger partial charge in [0.15, 0.2) is 0 Å². The van der Waals surface area contributed by atoms with Crippen molar-refractivity contribution >= 4 is 5.91 Å². The van der Waals surface area contributed by atoms with Crippen molar-refractivity contribution in [2.75, 3.05) is 6.54 Å². The highest BCUT2D eigenvalue weighted by Crippen LogP contribution is 2.54. The molecule has 148 valence electrons. The lowest BCUT2D eigenvalue weighted by Crippen LogP contribution is -2.46. The highest BCUT2D eigenvalue weighted by molar-refractivity contribution is 5.73. The summed E-state index contributed by atoms with van der Waals surface area (Å²) in [6, 6.07) is 4.06. The van der Waals surface area contributed by atoms with Gasteiger partial charge in [0, 0.05) is 30.9 Å². The van der Waals surface area contributed by atoms with E-state index in [-0.39, 0.29) is 17.4 Å². The summed E-state index contributed by atoms with van der Waals surface area (Å²) >= 11 is 0. The number of carbonyl (C=O) groups excluding carboxylic acids is 1. The Balaban J connectivity index is 1.89. The third kappa shape index (κ3) is 4.31. The van der Waals surface area contributed by atoms with E-state index in [1.54, 1.807) is 6.92 Å². The van der Waals surface area contributed by atoms with Crippen LogP contribution < -0.4 is 10.1 Å². The molecule has 1 aromatic carbocycles. The number of fused-ring (bicyclic) bond motifs is 3. The number of unbranched alkanes of at least 4 members (excludes halogenated alkanes) is 2. The summed E-state index contributed by atoms with van der Waals surface area (Å²) in [4.78, 5) is 11.3. The molecule has 0 fully saturated rings. The molecule has 0 unspecified atom stereocenters. The second-order valence-electron chi connectivity index (χ2n) is 8.61. The molecule has 1 heterocycles. The van der Waals surface area contributed by atoms with Gasteiger partial charge in [0.2, 0.25) is 5.91 Å². The quantitative estimate of drug-likeness (QED) is 0.555. The maximum absolute atomic E-state index is 11.3. The van der Waals surface area contributed by atoms with Crippen LogP contribution in [0.3, 0.4) is 0 Å². The zero-order chi connectivity index (χ0) is 19.6. The molecule has 0 saturated heterocycles. The Morgan fingerprint density at radius 3 is 2.81 bits per heavy atom. The smallest absolute Gasteiger partial charge is 0.217 e. The fourth-order valence-corrected chi connectivity index (χ4v) is 4.63. The average molecular weight is 372 g/mol. The molecular weight excluding hydrogens is 338 g/mol. The van der Waals surface area contributed by atoms with Crippen molar-refractivity contribution in [2.24, 2.45) is 5.92 Å². The lowest BCUT2D eigenvalue weighted by atomic mass is 9.67. The number of phenols is 1. The predicted molar refractivity (Wildman–Crippen MR) is 108 cm³/mol. The zero-order valence-corrected chi connectivity index (χ0v) is 17.1. The molecule has 27 heavy (non-hydrogen) atoms. The molecule has 0 radical (unpaired) electrons. The van der Waals surface area contributed by atoms with Crippen LogP contribution in [0.15, 0.2) is 23.8 Å². The summed E-state index contributed by atoms with van der Waals surface area (Å²) < 4.78 is 6.39. The van der Waals surface area contributed by atoms with E-state index >= 15 is 0 Å². The normalized spacial score (nSPS) is 22.9. The fraction of sp³-hybridized carbons (Fsp3) is 0.609. The Morgan fingerprint density at radius 1 is 1.33 bits per heavy atom. The van der Waals surface area contributed by atoms with Crippen molar-refractivity contribution in [1.29, 1.82) is 0 Å². The van der Waals surface area contributed by atoms with E-state index in [2.05, 4.69) is 38.2 Å². The van der Waals surface area contributed by atoms with Crippen molar-refractivity contribution in [3.05, 3.63) is 34.9 Å². The van der Waals surface area contributed by atoms with Gasteiger partial charge in [-0.3, -0.25) is 4.79 Å². The number of carbonyl (C=O) groups is 1. The van der Waals surface area contributed by atoms with E-state index in [1.807, 2.05) is 6.07 Å². The van der Waals surface area contributed by atoms with Crippen LogP contribution in [0, 0.1) is 5.92 Å². The Morgan fingerprint density at radius 2 is 2.11 bits per heavy atom. The second kappa shape index (κ2) is 7.95. The van der Waals surface area contributed by atoms with Crippen LogP contribution in [0.2, 0.25) is 0 Å². The molecule has 2 N–H and O–H groups in total. The highest BCUT2D eigenvalue weighted by atomic mass is 16.5. The lowest BCUT2D eigenvalue weighted by molar-refractivity contribution is -0.118. The molecule has 2 aliphatic rings. The van der Waals surface area contributed by atoms with Crippen LogP contribution in [0.25, 0.3) is 0 Å². The topological polar surface area (TPSA) is 58.6 Å². The summed E-state index contributed by atoms with van der Waals surface area (Å²) in [6.45, 7) is 8.64. The van der Waals surface area contributed by atoms with Gasteiger partial charge in [-0.25, -0.2) is 0 Å². The zero-order valence-electron chi connectivity index (χ0n) is 17.1. The van der Waals surface area contributed by atoms with Gasteiger partial charge in [0.1, 0.15) is 17.1 Å². The van der Waals surface area contributed by atoms with Crippen LogP contribution in [0.1, 0.15) is 76.8 Å². The average Bonchev–Trinajstić information content (AvgIpc) is 2.59. The molecule has 4 heteroatoms. The van der Waals surface area contributed by atoms with Gasteiger partial charge in [-0.05, 0) is 57.2 Å². The molecule has 4 nitrogen and oxygen atoms in total. The van der Waals surface area contributed by atoms with Gasteiger partial charge < -0.3 is 15.2 Å². The number of hydrogen-bond acceptors (Lipinski definition) is 3. The molecule has 0 aromatic heterocycles. The Labute approximate surface area is 163 Å². The molecule has 1 aromatic rings. The van der Waals surface area contributed by atoms with E-state index < -0.39 is 0 Å². The summed E-state index contributed by atoms with van der Waals surface area (Å²) in [5.41, 5.74) is 3.06. The molecule has 0 bridgehead atoms. The van der Waals surface area contributed by atoms with E-state index in [4.69, 9.17) is 4.74 Å². The van der Waals surface area contributed by atoms with Crippen LogP contribution >= 0.6 is 0 Å². The third-order valence-electron chi connectivity index (χ3n) is 6.08. The van der Waals surface area contributed by atoms with Crippen molar-refractivity contribution in [2.45, 2.75) is 77.7 Å². The Bertz CT molecular complexity index is 735. The van der Waals surface area contributed by atoms with Crippen LogP contribution in [-0.2, 0) is 11.2 Å². The van der Waals surface area contributed by atoms with E-state index in [0.717, 1.165) is 42.6 Å². The Kier molecular flexibility index (Phi) is 5.83. The summed E-state index contributed by atoms with van der Waals surface area (Å²) in [5.74, 6) is 1.74. The highest BCUT2D eigenvalue weighted by Gasteiger charge is 2.46. The molecule has 1 aliphatic heterocycles. The Hall–Kier alpha value is -1.97.